The van der Waals surface area contributed by atoms with Crippen molar-refractivity contribution >= 4 is 34.7 Å². The number of nitro groups is 1. The minimum atomic E-state index is -0.470. The molecule has 9 heteroatoms. The van der Waals surface area contributed by atoms with Gasteiger partial charge in [-0.25, -0.2) is 9.37 Å². The zero-order valence-corrected chi connectivity index (χ0v) is 16.1. The number of thiazole rings is 1. The van der Waals surface area contributed by atoms with Gasteiger partial charge in [0.15, 0.2) is 0 Å². The van der Waals surface area contributed by atoms with Gasteiger partial charge in [0.2, 0.25) is 0 Å². The highest BCUT2D eigenvalue weighted by atomic mass is 32.2. The van der Waals surface area contributed by atoms with E-state index in [-0.39, 0.29) is 29.1 Å². The van der Waals surface area contributed by atoms with Gasteiger partial charge in [0, 0.05) is 33.7 Å². The smallest absolute Gasteiger partial charge is 0.271 e. The van der Waals surface area contributed by atoms with Gasteiger partial charge in [-0.2, -0.15) is 0 Å². The Hall–Kier alpha value is -2.78. The molecule has 0 aliphatic carbocycles. The lowest BCUT2D eigenvalue weighted by molar-refractivity contribution is -0.384. The fraction of sp³-hybridized carbons (Fsp3) is 0.158. The van der Waals surface area contributed by atoms with Crippen LogP contribution >= 0.6 is 23.1 Å². The Labute approximate surface area is 168 Å². The maximum atomic E-state index is 14.0. The van der Waals surface area contributed by atoms with E-state index >= 15 is 0 Å². The molecule has 1 aliphatic rings. The van der Waals surface area contributed by atoms with Gasteiger partial charge in [-0.3, -0.25) is 14.9 Å². The summed E-state index contributed by atoms with van der Waals surface area (Å²) in [6.07, 6.45) is 0.703. The van der Waals surface area contributed by atoms with E-state index in [1.807, 2.05) is 6.07 Å². The average molecular weight is 415 g/mol. The molecule has 0 spiro atoms. The van der Waals surface area contributed by atoms with Crippen LogP contribution < -0.4 is 5.32 Å². The van der Waals surface area contributed by atoms with Crippen molar-refractivity contribution in [3.63, 3.8) is 0 Å². The first kappa shape index (κ1) is 18.6. The molecular weight excluding hydrogens is 401 g/mol. The highest BCUT2D eigenvalue weighted by Crippen LogP contribution is 2.38. The topological polar surface area (TPSA) is 85.1 Å². The van der Waals surface area contributed by atoms with Crippen LogP contribution in [0.5, 0.6) is 0 Å². The first-order valence-corrected chi connectivity index (χ1v) is 10.3. The fourth-order valence-electron chi connectivity index (χ4n) is 3.03. The van der Waals surface area contributed by atoms with Gasteiger partial charge in [0.05, 0.1) is 11.0 Å². The Balaban J connectivity index is 1.54. The monoisotopic (exact) mass is 415 g/mol. The fourth-order valence-corrected chi connectivity index (χ4v) is 4.97. The Bertz CT molecular complexity index is 1070. The van der Waals surface area contributed by atoms with Crippen LogP contribution in [0.25, 0.3) is 10.6 Å². The summed E-state index contributed by atoms with van der Waals surface area (Å²) in [5.41, 5.74) is 1.57. The zero-order chi connectivity index (χ0) is 19.7. The number of nitrogens with zero attached hydrogens (tertiary/aromatic N) is 2. The largest absolute Gasteiger partial charge is 0.344 e. The van der Waals surface area contributed by atoms with Crippen LogP contribution in [0.15, 0.2) is 52.7 Å². The number of halogens is 1. The van der Waals surface area contributed by atoms with Gasteiger partial charge in [0.1, 0.15) is 16.5 Å². The zero-order valence-electron chi connectivity index (χ0n) is 14.4. The standard InChI is InChI=1S/C19H14FN3O3S2/c20-14-6-2-5-13-15(7-8-27-17(13)14)21-18(24)16-10-28-19(22-16)11-3-1-4-12(9-11)23(25)26/h1-6,9-10,15H,7-8H2,(H,21,24)/t15-/m1/s1. The van der Waals surface area contributed by atoms with E-state index in [4.69, 9.17) is 0 Å². The van der Waals surface area contributed by atoms with Crippen molar-refractivity contribution < 1.29 is 14.1 Å². The molecule has 6 nitrogen and oxygen atoms in total. The average Bonchev–Trinajstić information content (AvgIpc) is 3.19. The van der Waals surface area contributed by atoms with Crippen LogP contribution in [0, 0.1) is 15.9 Å². The second-order valence-electron chi connectivity index (χ2n) is 6.17. The summed E-state index contributed by atoms with van der Waals surface area (Å²) in [5, 5.41) is 16.0. The van der Waals surface area contributed by atoms with Crippen LogP contribution in [0.1, 0.15) is 28.5 Å². The molecule has 4 rings (SSSR count). The lowest BCUT2D eigenvalue weighted by atomic mass is 10.0. The number of carbonyl (C=O) groups excluding carboxylic acids is 1. The maximum absolute atomic E-state index is 14.0. The highest BCUT2D eigenvalue weighted by molar-refractivity contribution is 7.99. The van der Waals surface area contributed by atoms with E-state index in [1.165, 1.54) is 41.3 Å². The summed E-state index contributed by atoms with van der Waals surface area (Å²) < 4.78 is 14.0. The SMILES string of the molecule is O=C(N[C@@H]1CCSc2c(F)cccc21)c1csc(-c2cccc([N+](=O)[O-])c2)n1. The second kappa shape index (κ2) is 7.69. The lowest BCUT2D eigenvalue weighted by Gasteiger charge is -2.25. The van der Waals surface area contributed by atoms with Crippen molar-refractivity contribution in [2.24, 2.45) is 0 Å². The van der Waals surface area contributed by atoms with E-state index < -0.39 is 4.92 Å². The number of amides is 1. The van der Waals surface area contributed by atoms with Gasteiger partial charge in [-0.15, -0.1) is 23.1 Å². The third-order valence-corrected chi connectivity index (χ3v) is 6.42. The third kappa shape index (κ3) is 3.63. The molecule has 0 radical (unpaired) electrons. The van der Waals surface area contributed by atoms with Crippen molar-refractivity contribution in [1.82, 2.24) is 10.3 Å². The Morgan fingerprint density at radius 2 is 2.11 bits per heavy atom. The third-order valence-electron chi connectivity index (χ3n) is 4.37. The van der Waals surface area contributed by atoms with Crippen LogP contribution in [0.4, 0.5) is 10.1 Å². The quantitative estimate of drug-likeness (QED) is 0.488. The van der Waals surface area contributed by atoms with Gasteiger partial charge >= 0.3 is 0 Å². The van der Waals surface area contributed by atoms with Crippen molar-refractivity contribution in [2.45, 2.75) is 17.4 Å². The van der Waals surface area contributed by atoms with E-state index in [9.17, 15) is 19.3 Å². The number of benzene rings is 2. The minimum absolute atomic E-state index is 0.0305. The molecule has 1 amide bonds. The Morgan fingerprint density at radius 1 is 1.29 bits per heavy atom. The number of aromatic nitrogens is 1. The van der Waals surface area contributed by atoms with E-state index in [2.05, 4.69) is 10.3 Å². The molecule has 0 saturated carbocycles. The van der Waals surface area contributed by atoms with Gasteiger partial charge in [-0.1, -0.05) is 24.3 Å². The molecular formula is C19H14FN3O3S2. The number of nitrogens with one attached hydrogen (secondary N) is 1. The molecule has 2 aromatic carbocycles. The Kier molecular flexibility index (Phi) is 5.10. The summed E-state index contributed by atoms with van der Waals surface area (Å²) >= 11 is 2.69. The van der Waals surface area contributed by atoms with Crippen LogP contribution in [0.2, 0.25) is 0 Å². The lowest BCUT2D eigenvalue weighted by Crippen LogP contribution is -2.31. The molecule has 3 aromatic rings. The van der Waals surface area contributed by atoms with Crippen molar-refractivity contribution in [1.29, 1.82) is 0 Å². The predicted molar refractivity (Wildman–Crippen MR) is 106 cm³/mol. The highest BCUT2D eigenvalue weighted by Gasteiger charge is 2.25. The first-order chi connectivity index (χ1) is 13.5. The molecule has 28 heavy (non-hydrogen) atoms. The van der Waals surface area contributed by atoms with Gasteiger partial charge in [-0.05, 0) is 18.1 Å². The number of thioether (sulfide) groups is 1. The summed E-state index contributed by atoms with van der Waals surface area (Å²) in [4.78, 5) is 28.0. The van der Waals surface area contributed by atoms with Gasteiger partial charge < -0.3 is 5.32 Å². The van der Waals surface area contributed by atoms with E-state index in [0.29, 0.717) is 21.9 Å². The van der Waals surface area contributed by atoms with Crippen molar-refractivity contribution in [3.05, 3.63) is 75.0 Å². The number of non-ortho nitro benzene ring substituents is 1. The number of fused-ring (bicyclic) bond motifs is 1. The molecule has 0 bridgehead atoms. The molecule has 0 unspecified atom stereocenters. The maximum Gasteiger partial charge on any atom is 0.271 e. The van der Waals surface area contributed by atoms with Crippen molar-refractivity contribution in [2.75, 3.05) is 5.75 Å². The molecule has 1 N–H and O–H groups in total. The minimum Gasteiger partial charge on any atom is -0.344 e. The summed E-state index contributed by atoms with van der Waals surface area (Å²) in [6.45, 7) is 0. The number of carbonyl (C=O) groups is 1. The van der Waals surface area contributed by atoms with E-state index in [0.717, 1.165) is 11.3 Å². The molecule has 1 aromatic heterocycles. The number of rotatable bonds is 4. The molecule has 0 saturated heterocycles. The molecule has 2 heterocycles. The number of nitro benzene ring substituents is 1. The molecule has 0 fully saturated rings. The first-order valence-electron chi connectivity index (χ1n) is 8.45. The Morgan fingerprint density at radius 3 is 2.93 bits per heavy atom. The molecule has 1 aliphatic heterocycles. The van der Waals surface area contributed by atoms with Crippen LogP contribution in [0.3, 0.4) is 0 Å². The number of hydrogen-bond acceptors (Lipinski definition) is 6. The molecule has 1 atom stereocenters. The summed E-state index contributed by atoms with van der Waals surface area (Å²) in [7, 11) is 0. The van der Waals surface area contributed by atoms with E-state index in [1.54, 1.807) is 23.6 Å². The predicted octanol–water partition coefficient (Wildman–Crippen LogP) is 4.82. The summed E-state index contributed by atoms with van der Waals surface area (Å²) in [6, 6.07) is 10.7. The number of hydrogen-bond donors (Lipinski definition) is 1. The second-order valence-corrected chi connectivity index (χ2v) is 8.13. The normalized spacial score (nSPS) is 15.7. The van der Waals surface area contributed by atoms with Crippen LogP contribution in [-0.2, 0) is 0 Å². The van der Waals surface area contributed by atoms with Crippen molar-refractivity contribution in [3.8, 4) is 10.6 Å². The van der Waals surface area contributed by atoms with Crippen LogP contribution in [-0.4, -0.2) is 21.6 Å². The summed E-state index contributed by atoms with van der Waals surface area (Å²) in [5.74, 6) is 0.0950. The molecule has 142 valence electrons. The van der Waals surface area contributed by atoms with Gasteiger partial charge in [0.25, 0.3) is 11.6 Å².